The molecule has 8 nitrogen and oxygen atoms in total. The van der Waals surface area contributed by atoms with Crippen LogP contribution in [0.3, 0.4) is 0 Å². The maximum atomic E-state index is 12.8. The fourth-order valence-electron chi connectivity index (χ4n) is 2.80. The highest BCUT2D eigenvalue weighted by Gasteiger charge is 2.29. The van der Waals surface area contributed by atoms with E-state index in [0.717, 1.165) is 12.8 Å². The summed E-state index contributed by atoms with van der Waals surface area (Å²) in [5.41, 5.74) is -0.889. The SMILES string of the molecule is CNC1CCCN(S(=O)(=O)c2ccc3[nH]c(=O)c(=O)[nH]c3c2)C1.Cl. The molecule has 0 bridgehead atoms. The number of H-pyrrole nitrogens is 2. The summed E-state index contributed by atoms with van der Waals surface area (Å²) in [6.45, 7) is 0.889. The van der Waals surface area contributed by atoms with Gasteiger partial charge in [0, 0.05) is 19.1 Å². The lowest BCUT2D eigenvalue weighted by Gasteiger charge is -2.31. The summed E-state index contributed by atoms with van der Waals surface area (Å²) in [4.78, 5) is 27.6. The van der Waals surface area contributed by atoms with Crippen molar-refractivity contribution in [3.8, 4) is 0 Å². The number of rotatable bonds is 3. The van der Waals surface area contributed by atoms with Gasteiger partial charge in [0.15, 0.2) is 0 Å². The third-order valence-electron chi connectivity index (χ3n) is 4.12. The minimum atomic E-state index is -3.64. The van der Waals surface area contributed by atoms with Gasteiger partial charge in [-0.15, -0.1) is 12.4 Å². The van der Waals surface area contributed by atoms with E-state index in [1.165, 1.54) is 22.5 Å². The molecule has 2 heterocycles. The number of piperidine rings is 1. The van der Waals surface area contributed by atoms with Gasteiger partial charge in [-0.05, 0) is 38.1 Å². The number of nitrogens with one attached hydrogen (secondary N) is 3. The van der Waals surface area contributed by atoms with E-state index < -0.39 is 21.1 Å². The van der Waals surface area contributed by atoms with E-state index in [0.29, 0.717) is 18.6 Å². The van der Waals surface area contributed by atoms with Crippen LogP contribution in [-0.2, 0) is 10.0 Å². The Morgan fingerprint density at radius 1 is 1.17 bits per heavy atom. The monoisotopic (exact) mass is 374 g/mol. The topological polar surface area (TPSA) is 115 Å². The fraction of sp³-hybridized carbons (Fsp3) is 0.429. The number of hydrogen-bond donors (Lipinski definition) is 3. The molecule has 1 saturated heterocycles. The first kappa shape index (κ1) is 18.7. The van der Waals surface area contributed by atoms with Crippen molar-refractivity contribution in [3.63, 3.8) is 0 Å². The van der Waals surface area contributed by atoms with Crippen molar-refractivity contribution < 1.29 is 8.42 Å². The van der Waals surface area contributed by atoms with Crippen LogP contribution in [-0.4, -0.2) is 48.9 Å². The molecular formula is C14H19ClN4O4S. The van der Waals surface area contributed by atoms with Crippen LogP contribution in [0.2, 0.25) is 0 Å². The Hall–Kier alpha value is -1.68. The number of sulfonamides is 1. The second-order valence-electron chi connectivity index (χ2n) is 5.61. The first-order chi connectivity index (χ1) is 10.9. The molecule has 0 radical (unpaired) electrons. The van der Waals surface area contributed by atoms with Crippen molar-refractivity contribution in [3.05, 3.63) is 38.9 Å². The van der Waals surface area contributed by atoms with Crippen LogP contribution in [0.1, 0.15) is 12.8 Å². The average molecular weight is 375 g/mol. The summed E-state index contributed by atoms with van der Waals surface area (Å²) in [6, 6.07) is 4.44. The van der Waals surface area contributed by atoms with Gasteiger partial charge in [-0.1, -0.05) is 0 Å². The number of likely N-dealkylation sites (N-methyl/N-ethyl adjacent to an activating group) is 1. The predicted octanol–water partition coefficient (Wildman–Crippen LogP) is 0.0107. The molecule has 3 N–H and O–H groups in total. The molecule has 2 aromatic rings. The molecule has 1 aromatic heterocycles. The molecular weight excluding hydrogens is 356 g/mol. The summed E-state index contributed by atoms with van der Waals surface area (Å²) < 4.78 is 27.0. The average Bonchev–Trinajstić information content (AvgIpc) is 2.55. The summed E-state index contributed by atoms with van der Waals surface area (Å²) in [6.07, 6.45) is 1.73. The van der Waals surface area contributed by atoms with Gasteiger partial charge in [0.25, 0.3) is 0 Å². The number of nitrogens with zero attached hydrogens (tertiary/aromatic N) is 1. The Morgan fingerprint density at radius 3 is 2.50 bits per heavy atom. The lowest BCUT2D eigenvalue weighted by atomic mass is 10.1. The lowest BCUT2D eigenvalue weighted by Crippen LogP contribution is -2.46. The number of benzene rings is 1. The van der Waals surface area contributed by atoms with Crippen molar-refractivity contribution in [2.45, 2.75) is 23.8 Å². The number of hydrogen-bond acceptors (Lipinski definition) is 5. The van der Waals surface area contributed by atoms with E-state index in [4.69, 9.17) is 0 Å². The van der Waals surface area contributed by atoms with Crippen LogP contribution in [0.15, 0.2) is 32.7 Å². The highest BCUT2D eigenvalue weighted by atomic mass is 35.5. The van der Waals surface area contributed by atoms with E-state index >= 15 is 0 Å². The standard InChI is InChI=1S/C14H18N4O4S.ClH/c1-15-9-3-2-6-18(8-9)23(21,22)10-4-5-11-12(7-10)17-14(20)13(19)16-11;/h4-5,7,9,15H,2-3,6,8H2,1H3,(H,16,19)(H,17,20);1H. The van der Waals surface area contributed by atoms with Gasteiger partial charge in [-0.2, -0.15) is 4.31 Å². The van der Waals surface area contributed by atoms with Crippen LogP contribution < -0.4 is 16.4 Å². The van der Waals surface area contributed by atoms with Crippen LogP contribution in [0.4, 0.5) is 0 Å². The maximum absolute atomic E-state index is 12.8. The van der Waals surface area contributed by atoms with Crippen LogP contribution in [0.25, 0.3) is 11.0 Å². The number of fused-ring (bicyclic) bond motifs is 1. The Balaban J connectivity index is 0.00000208. The number of aromatic amines is 2. The summed E-state index contributed by atoms with van der Waals surface area (Å²) in [7, 11) is -1.82. The van der Waals surface area contributed by atoms with Gasteiger partial charge >= 0.3 is 11.1 Å². The molecule has 1 aromatic carbocycles. The predicted molar refractivity (Wildman–Crippen MR) is 93.3 cm³/mol. The lowest BCUT2D eigenvalue weighted by molar-refractivity contribution is 0.293. The van der Waals surface area contributed by atoms with Gasteiger partial charge in [0.2, 0.25) is 10.0 Å². The van der Waals surface area contributed by atoms with Crippen LogP contribution in [0.5, 0.6) is 0 Å². The number of halogens is 1. The molecule has 0 amide bonds. The smallest absolute Gasteiger partial charge is 0.314 e. The van der Waals surface area contributed by atoms with Crippen molar-refractivity contribution in [2.24, 2.45) is 0 Å². The molecule has 1 unspecified atom stereocenters. The zero-order valence-corrected chi connectivity index (χ0v) is 14.7. The summed E-state index contributed by atoms with van der Waals surface area (Å²) in [5.74, 6) is 0. The molecule has 0 spiro atoms. The van der Waals surface area contributed by atoms with Gasteiger partial charge in [-0.25, -0.2) is 8.42 Å². The van der Waals surface area contributed by atoms with E-state index in [1.807, 2.05) is 7.05 Å². The Labute approximate surface area is 144 Å². The second-order valence-corrected chi connectivity index (χ2v) is 7.54. The van der Waals surface area contributed by atoms with Crippen molar-refractivity contribution in [2.75, 3.05) is 20.1 Å². The third kappa shape index (κ3) is 3.39. The van der Waals surface area contributed by atoms with E-state index in [1.54, 1.807) is 0 Å². The molecule has 24 heavy (non-hydrogen) atoms. The zero-order chi connectivity index (χ0) is 16.6. The van der Waals surface area contributed by atoms with E-state index in [-0.39, 0.29) is 28.9 Å². The molecule has 1 aliphatic rings. The summed E-state index contributed by atoms with van der Waals surface area (Å²) in [5, 5.41) is 3.11. The minimum absolute atomic E-state index is 0. The second kappa shape index (κ2) is 7.06. The third-order valence-corrected chi connectivity index (χ3v) is 5.98. The first-order valence-electron chi connectivity index (χ1n) is 7.35. The van der Waals surface area contributed by atoms with Crippen LogP contribution in [0, 0.1) is 0 Å². The molecule has 3 rings (SSSR count). The highest BCUT2D eigenvalue weighted by molar-refractivity contribution is 7.89. The fourth-order valence-corrected chi connectivity index (χ4v) is 4.35. The molecule has 1 fully saturated rings. The summed E-state index contributed by atoms with van der Waals surface area (Å²) >= 11 is 0. The molecule has 0 saturated carbocycles. The normalized spacial score (nSPS) is 19.1. The first-order valence-corrected chi connectivity index (χ1v) is 8.79. The van der Waals surface area contributed by atoms with Gasteiger partial charge in [0.1, 0.15) is 0 Å². The Bertz CT molecular complexity index is 953. The molecule has 10 heteroatoms. The van der Waals surface area contributed by atoms with Gasteiger partial charge in [-0.3, -0.25) is 9.59 Å². The molecule has 0 aliphatic carbocycles. The van der Waals surface area contributed by atoms with Crippen molar-refractivity contribution >= 4 is 33.5 Å². The molecule has 1 aliphatic heterocycles. The Kier molecular flexibility index (Phi) is 5.49. The van der Waals surface area contributed by atoms with Crippen LogP contribution >= 0.6 is 12.4 Å². The largest absolute Gasteiger partial charge is 0.316 e. The molecule has 1 atom stereocenters. The molecule has 132 valence electrons. The quantitative estimate of drug-likeness (QED) is 0.655. The zero-order valence-electron chi connectivity index (χ0n) is 13.0. The minimum Gasteiger partial charge on any atom is -0.316 e. The van der Waals surface area contributed by atoms with Gasteiger partial charge in [0.05, 0.1) is 15.9 Å². The van der Waals surface area contributed by atoms with Crippen molar-refractivity contribution in [1.29, 1.82) is 0 Å². The maximum Gasteiger partial charge on any atom is 0.314 e. The Morgan fingerprint density at radius 2 is 1.83 bits per heavy atom. The van der Waals surface area contributed by atoms with E-state index in [2.05, 4.69) is 15.3 Å². The van der Waals surface area contributed by atoms with Crippen molar-refractivity contribution in [1.82, 2.24) is 19.6 Å². The number of aromatic nitrogens is 2. The van der Waals surface area contributed by atoms with Gasteiger partial charge < -0.3 is 15.3 Å². The van der Waals surface area contributed by atoms with E-state index in [9.17, 15) is 18.0 Å². The highest BCUT2D eigenvalue weighted by Crippen LogP contribution is 2.22.